The zero-order valence-corrected chi connectivity index (χ0v) is 11.7. The van der Waals surface area contributed by atoms with Gasteiger partial charge < -0.3 is 10.2 Å². The Morgan fingerprint density at radius 2 is 2.25 bits per heavy atom. The summed E-state index contributed by atoms with van der Waals surface area (Å²) in [7, 11) is 0. The molecular weight excluding hydrogens is 275 g/mol. The molecule has 1 aromatic carbocycles. The lowest BCUT2D eigenvalue weighted by Crippen LogP contribution is -2.37. The van der Waals surface area contributed by atoms with E-state index in [2.05, 4.69) is 14.7 Å². The first-order chi connectivity index (χ1) is 9.78. The molecule has 0 bridgehead atoms. The van der Waals surface area contributed by atoms with Crippen molar-refractivity contribution in [2.45, 2.75) is 11.8 Å². The second-order valence-electron chi connectivity index (χ2n) is 4.23. The topological polar surface area (TPSA) is 40.5 Å². The minimum atomic E-state index is -0.253. The van der Waals surface area contributed by atoms with E-state index >= 15 is 0 Å². The number of aromatic nitrogens is 1. The van der Waals surface area contributed by atoms with Crippen LogP contribution in [-0.4, -0.2) is 17.5 Å². The van der Waals surface area contributed by atoms with Gasteiger partial charge in [0.2, 0.25) is 5.96 Å². The number of nitrogens with zero attached hydrogens (tertiary/aromatic N) is 3. The Hall–Kier alpha value is -2.08. The van der Waals surface area contributed by atoms with Gasteiger partial charge in [0.1, 0.15) is 5.82 Å². The van der Waals surface area contributed by atoms with Crippen LogP contribution in [0.25, 0.3) is 0 Å². The number of fused-ring (bicyclic) bond motifs is 1. The predicted octanol–water partition coefficient (Wildman–Crippen LogP) is 3.54. The van der Waals surface area contributed by atoms with Crippen LogP contribution in [0.2, 0.25) is 0 Å². The van der Waals surface area contributed by atoms with Gasteiger partial charge in [0.15, 0.2) is 0 Å². The number of pyridine rings is 1. The molecule has 1 aromatic heterocycles. The summed E-state index contributed by atoms with van der Waals surface area (Å²) < 4.78 is 17.6. The molecule has 0 aliphatic carbocycles. The minimum absolute atomic E-state index is 0.253. The van der Waals surface area contributed by atoms with E-state index < -0.39 is 0 Å². The minimum Gasteiger partial charge on any atom is -0.324 e. The number of rotatable bonds is 2. The van der Waals surface area contributed by atoms with Gasteiger partial charge in [-0.25, -0.2) is 4.39 Å². The average molecular weight is 288 g/mol. The van der Waals surface area contributed by atoms with E-state index in [4.69, 9.17) is 0 Å². The van der Waals surface area contributed by atoms with Gasteiger partial charge in [-0.1, -0.05) is 0 Å². The molecule has 1 aliphatic rings. The maximum atomic E-state index is 13.2. The fourth-order valence-electron chi connectivity index (χ4n) is 2.00. The zero-order valence-electron chi connectivity index (χ0n) is 10.9. The second-order valence-corrected chi connectivity index (χ2v) is 5.03. The normalized spacial score (nSPS) is 13.2. The molecule has 6 heteroatoms. The molecule has 2 aromatic rings. The predicted molar refractivity (Wildman–Crippen MR) is 80.6 cm³/mol. The SMILES string of the molecule is CCN(C1=NSc2cc(F)ccc2N1)c1cccnc1. The van der Waals surface area contributed by atoms with Crippen LogP contribution >= 0.6 is 11.9 Å². The van der Waals surface area contributed by atoms with Crippen molar-refractivity contribution < 1.29 is 4.39 Å². The van der Waals surface area contributed by atoms with Gasteiger partial charge in [-0.05, 0) is 37.3 Å². The van der Waals surface area contributed by atoms with Gasteiger partial charge in [-0.15, -0.1) is 0 Å². The molecule has 0 radical (unpaired) electrons. The molecule has 0 atom stereocenters. The van der Waals surface area contributed by atoms with Crippen LogP contribution in [0.1, 0.15) is 6.92 Å². The lowest BCUT2D eigenvalue weighted by Gasteiger charge is -2.27. The van der Waals surface area contributed by atoms with E-state index in [0.717, 1.165) is 28.8 Å². The Bertz CT molecular complexity index is 645. The van der Waals surface area contributed by atoms with Crippen molar-refractivity contribution in [3.05, 3.63) is 48.5 Å². The summed E-state index contributed by atoms with van der Waals surface area (Å²) in [6, 6.07) is 8.51. The highest BCUT2D eigenvalue weighted by Crippen LogP contribution is 2.33. The number of hydrogen-bond donors (Lipinski definition) is 1. The van der Waals surface area contributed by atoms with Crippen LogP contribution in [-0.2, 0) is 0 Å². The third-order valence-electron chi connectivity index (χ3n) is 2.95. The van der Waals surface area contributed by atoms with Crippen molar-refractivity contribution in [3.8, 4) is 0 Å². The molecular formula is C14H13FN4S. The second kappa shape index (κ2) is 5.50. The number of guanidine groups is 1. The van der Waals surface area contributed by atoms with Crippen LogP contribution in [0.3, 0.4) is 0 Å². The van der Waals surface area contributed by atoms with Crippen LogP contribution in [0.4, 0.5) is 15.8 Å². The lowest BCUT2D eigenvalue weighted by atomic mass is 10.3. The summed E-state index contributed by atoms with van der Waals surface area (Å²) in [5.41, 5.74) is 1.83. The molecule has 102 valence electrons. The van der Waals surface area contributed by atoms with Crippen molar-refractivity contribution in [2.75, 3.05) is 16.8 Å². The maximum Gasteiger partial charge on any atom is 0.215 e. The third kappa shape index (κ3) is 2.46. The summed E-state index contributed by atoms with van der Waals surface area (Å²) in [6.07, 6.45) is 3.53. The molecule has 0 unspecified atom stereocenters. The first-order valence-electron chi connectivity index (χ1n) is 6.27. The fourth-order valence-corrected chi connectivity index (χ4v) is 2.71. The molecule has 0 fully saturated rings. The summed E-state index contributed by atoms with van der Waals surface area (Å²) >= 11 is 1.27. The molecule has 0 saturated carbocycles. The van der Waals surface area contributed by atoms with Gasteiger partial charge in [0.25, 0.3) is 0 Å². The zero-order chi connectivity index (χ0) is 13.9. The molecule has 0 amide bonds. The van der Waals surface area contributed by atoms with E-state index in [9.17, 15) is 4.39 Å². The van der Waals surface area contributed by atoms with E-state index in [1.807, 2.05) is 24.0 Å². The Balaban J connectivity index is 1.89. The van der Waals surface area contributed by atoms with Crippen molar-refractivity contribution in [2.24, 2.45) is 4.40 Å². The summed E-state index contributed by atoms with van der Waals surface area (Å²) in [5, 5.41) is 3.23. The first-order valence-corrected chi connectivity index (χ1v) is 7.04. The van der Waals surface area contributed by atoms with Gasteiger partial charge in [0.05, 0.1) is 22.5 Å². The Kier molecular flexibility index (Phi) is 3.56. The van der Waals surface area contributed by atoms with Crippen LogP contribution in [0.5, 0.6) is 0 Å². The maximum absolute atomic E-state index is 13.2. The highest BCUT2D eigenvalue weighted by molar-refractivity contribution is 7.98. The Labute approximate surface area is 120 Å². The number of benzene rings is 1. The summed E-state index contributed by atoms with van der Waals surface area (Å²) in [5.74, 6) is 0.473. The molecule has 4 nitrogen and oxygen atoms in total. The van der Waals surface area contributed by atoms with Gasteiger partial charge in [0, 0.05) is 24.7 Å². The van der Waals surface area contributed by atoms with E-state index in [1.54, 1.807) is 18.5 Å². The van der Waals surface area contributed by atoms with Crippen LogP contribution in [0, 0.1) is 5.82 Å². The molecule has 1 aliphatic heterocycles. The van der Waals surface area contributed by atoms with E-state index in [-0.39, 0.29) is 5.82 Å². The van der Waals surface area contributed by atoms with Crippen LogP contribution < -0.4 is 10.2 Å². The van der Waals surface area contributed by atoms with Crippen molar-refractivity contribution in [1.82, 2.24) is 4.98 Å². The number of nitrogens with one attached hydrogen (secondary N) is 1. The average Bonchev–Trinajstić information content (AvgIpc) is 2.49. The van der Waals surface area contributed by atoms with Gasteiger partial charge in [-0.2, -0.15) is 4.40 Å². The molecule has 0 saturated heterocycles. The summed E-state index contributed by atoms with van der Waals surface area (Å²) in [4.78, 5) is 6.93. The van der Waals surface area contributed by atoms with Crippen molar-refractivity contribution >= 4 is 29.3 Å². The van der Waals surface area contributed by atoms with E-state index in [1.165, 1.54) is 24.1 Å². The quantitative estimate of drug-likeness (QED) is 0.858. The number of halogens is 1. The molecule has 1 N–H and O–H groups in total. The monoisotopic (exact) mass is 288 g/mol. The Morgan fingerprint density at radius 1 is 1.35 bits per heavy atom. The highest BCUT2D eigenvalue weighted by Gasteiger charge is 2.18. The van der Waals surface area contributed by atoms with E-state index in [0.29, 0.717) is 0 Å². The standard InChI is InChI=1S/C14H13FN4S/c1-2-19(11-4-3-7-16-9-11)14-17-12-6-5-10(15)8-13(12)20-18-14/h3-9H,2H2,1H3,(H,17,18). The lowest BCUT2D eigenvalue weighted by molar-refractivity contribution is 0.624. The fraction of sp³-hybridized carbons (Fsp3) is 0.143. The Morgan fingerprint density at radius 3 is 3.00 bits per heavy atom. The van der Waals surface area contributed by atoms with Crippen LogP contribution in [0.15, 0.2) is 52.0 Å². The molecule has 2 heterocycles. The van der Waals surface area contributed by atoms with Crippen molar-refractivity contribution in [3.63, 3.8) is 0 Å². The third-order valence-corrected chi connectivity index (χ3v) is 3.75. The largest absolute Gasteiger partial charge is 0.324 e. The first kappa shape index (κ1) is 12.9. The van der Waals surface area contributed by atoms with Gasteiger partial charge in [-0.3, -0.25) is 4.98 Å². The molecule has 0 spiro atoms. The summed E-state index contributed by atoms with van der Waals surface area (Å²) in [6.45, 7) is 2.80. The molecule has 3 rings (SSSR count). The highest BCUT2D eigenvalue weighted by atomic mass is 32.2. The van der Waals surface area contributed by atoms with Gasteiger partial charge >= 0.3 is 0 Å². The van der Waals surface area contributed by atoms with Crippen molar-refractivity contribution in [1.29, 1.82) is 0 Å². The smallest absolute Gasteiger partial charge is 0.215 e. The number of anilines is 2. The number of hydrogen-bond acceptors (Lipinski definition) is 5. The molecule has 20 heavy (non-hydrogen) atoms.